The number of aliphatic hydroxyl groups excluding tert-OH is 1. The summed E-state index contributed by atoms with van der Waals surface area (Å²) in [5.74, 6) is 0.528. The van der Waals surface area contributed by atoms with Gasteiger partial charge < -0.3 is 20.1 Å². The molecule has 1 saturated heterocycles. The maximum absolute atomic E-state index is 13.1. The average molecular weight is 399 g/mol. The van der Waals surface area contributed by atoms with Crippen LogP contribution in [0.5, 0.6) is 5.75 Å². The number of rotatable bonds is 6. The zero-order valence-electron chi connectivity index (χ0n) is 16.3. The van der Waals surface area contributed by atoms with Gasteiger partial charge in [-0.1, -0.05) is 0 Å². The molecule has 0 bridgehead atoms. The van der Waals surface area contributed by atoms with E-state index in [9.17, 15) is 14.3 Å². The van der Waals surface area contributed by atoms with E-state index in [2.05, 4.69) is 15.1 Å². The van der Waals surface area contributed by atoms with Gasteiger partial charge in [-0.2, -0.15) is 0 Å². The summed E-state index contributed by atoms with van der Waals surface area (Å²) in [4.78, 5) is 15.9. The van der Waals surface area contributed by atoms with E-state index in [-0.39, 0.29) is 18.3 Å². The Morgan fingerprint density at radius 2 is 1.83 bits per heavy atom. The van der Waals surface area contributed by atoms with E-state index in [1.807, 2.05) is 18.2 Å². The molecule has 1 amide bonds. The third kappa shape index (κ3) is 5.05. The Morgan fingerprint density at radius 3 is 2.59 bits per heavy atom. The lowest BCUT2D eigenvalue weighted by Gasteiger charge is -2.36. The summed E-state index contributed by atoms with van der Waals surface area (Å²) in [6, 6.07) is 12.2. The number of piperazine rings is 1. The first-order chi connectivity index (χ1) is 14.1. The quantitative estimate of drug-likeness (QED) is 0.780. The Labute approximate surface area is 169 Å². The second kappa shape index (κ2) is 8.80. The first-order valence-electron chi connectivity index (χ1n) is 10.0. The number of hydrogen-bond acceptors (Lipinski definition) is 5. The minimum atomic E-state index is -0.580. The molecule has 1 atom stereocenters. The lowest BCUT2D eigenvalue weighted by atomic mass is 10.0. The number of ether oxygens (including phenoxy) is 1. The molecule has 29 heavy (non-hydrogen) atoms. The fourth-order valence-electron chi connectivity index (χ4n) is 3.83. The van der Waals surface area contributed by atoms with Crippen molar-refractivity contribution in [3.8, 4) is 5.75 Å². The molecule has 0 aromatic heterocycles. The lowest BCUT2D eigenvalue weighted by Crippen LogP contribution is -2.49. The Kier molecular flexibility index (Phi) is 5.97. The van der Waals surface area contributed by atoms with Crippen LogP contribution in [0.4, 0.5) is 15.8 Å². The van der Waals surface area contributed by atoms with Crippen LogP contribution in [0.2, 0.25) is 0 Å². The zero-order chi connectivity index (χ0) is 20.2. The van der Waals surface area contributed by atoms with E-state index < -0.39 is 6.10 Å². The number of amides is 1. The number of carbonyl (C=O) groups is 1. The molecule has 154 valence electrons. The standard InChI is InChI=1S/C22H26FN3O3/c23-17-2-4-18(5-3-17)26-11-9-25(10-12-26)14-19(27)15-29-20-6-7-21-16(13-20)1-8-22(28)24-21/h2-7,13,19,27H,1,8-12,14-15H2,(H,24,28)/t19-/m1/s1. The van der Waals surface area contributed by atoms with Crippen LogP contribution >= 0.6 is 0 Å². The maximum Gasteiger partial charge on any atom is 0.224 e. The summed E-state index contributed by atoms with van der Waals surface area (Å²) >= 11 is 0. The summed E-state index contributed by atoms with van der Waals surface area (Å²) in [7, 11) is 0. The number of halogens is 1. The van der Waals surface area contributed by atoms with Crippen molar-refractivity contribution >= 4 is 17.3 Å². The van der Waals surface area contributed by atoms with Gasteiger partial charge in [0.25, 0.3) is 0 Å². The Balaban J connectivity index is 1.22. The fraction of sp³-hybridized carbons (Fsp3) is 0.409. The fourth-order valence-corrected chi connectivity index (χ4v) is 3.83. The predicted octanol–water partition coefficient (Wildman–Crippen LogP) is 2.27. The van der Waals surface area contributed by atoms with Crippen molar-refractivity contribution in [3.05, 3.63) is 53.8 Å². The third-order valence-electron chi connectivity index (χ3n) is 5.45. The molecule has 0 aliphatic carbocycles. The molecule has 2 aliphatic heterocycles. The minimum Gasteiger partial charge on any atom is -0.491 e. The molecule has 1 fully saturated rings. The molecular weight excluding hydrogens is 373 g/mol. The van der Waals surface area contributed by atoms with Crippen LogP contribution in [0, 0.1) is 5.82 Å². The SMILES string of the molecule is O=C1CCc2cc(OC[C@H](O)CN3CCN(c4ccc(F)cc4)CC3)ccc2N1. The van der Waals surface area contributed by atoms with E-state index in [0.29, 0.717) is 25.1 Å². The van der Waals surface area contributed by atoms with Gasteiger partial charge in [0.1, 0.15) is 24.3 Å². The highest BCUT2D eigenvalue weighted by Gasteiger charge is 2.20. The molecule has 6 nitrogen and oxygen atoms in total. The molecule has 2 aromatic carbocycles. The predicted molar refractivity (Wildman–Crippen MR) is 110 cm³/mol. The van der Waals surface area contributed by atoms with Crippen molar-refractivity contribution in [1.29, 1.82) is 0 Å². The van der Waals surface area contributed by atoms with Gasteiger partial charge in [0.15, 0.2) is 0 Å². The summed E-state index contributed by atoms with van der Waals surface area (Å²) in [5.41, 5.74) is 2.93. The largest absolute Gasteiger partial charge is 0.491 e. The van der Waals surface area contributed by atoms with E-state index in [4.69, 9.17) is 4.74 Å². The molecule has 0 unspecified atom stereocenters. The summed E-state index contributed by atoms with van der Waals surface area (Å²) in [6.07, 6.45) is 0.616. The van der Waals surface area contributed by atoms with Crippen molar-refractivity contribution in [2.24, 2.45) is 0 Å². The van der Waals surface area contributed by atoms with E-state index in [1.54, 1.807) is 12.1 Å². The summed E-state index contributed by atoms with van der Waals surface area (Å²) < 4.78 is 18.8. The molecule has 7 heteroatoms. The molecule has 0 saturated carbocycles. The molecule has 0 spiro atoms. The maximum atomic E-state index is 13.1. The monoisotopic (exact) mass is 399 g/mol. The number of fused-ring (bicyclic) bond motifs is 1. The van der Waals surface area contributed by atoms with Crippen LogP contribution in [-0.2, 0) is 11.2 Å². The second-order valence-corrected chi connectivity index (χ2v) is 7.60. The van der Waals surface area contributed by atoms with Gasteiger partial charge in [-0.15, -0.1) is 0 Å². The van der Waals surface area contributed by atoms with Crippen molar-refractivity contribution in [2.45, 2.75) is 18.9 Å². The Morgan fingerprint density at radius 1 is 1.07 bits per heavy atom. The first kappa shape index (κ1) is 19.7. The molecule has 2 aromatic rings. The normalized spacial score (nSPS) is 18.1. The van der Waals surface area contributed by atoms with E-state index in [0.717, 1.165) is 43.1 Å². The Bertz CT molecular complexity index is 851. The van der Waals surface area contributed by atoms with Crippen LogP contribution in [0.15, 0.2) is 42.5 Å². The molecule has 0 radical (unpaired) electrons. The van der Waals surface area contributed by atoms with Gasteiger partial charge in [0.2, 0.25) is 5.91 Å². The van der Waals surface area contributed by atoms with Crippen LogP contribution in [0.3, 0.4) is 0 Å². The first-order valence-corrected chi connectivity index (χ1v) is 10.0. The Hall–Kier alpha value is -2.64. The average Bonchev–Trinajstić information content (AvgIpc) is 2.73. The van der Waals surface area contributed by atoms with Crippen LogP contribution in [0.25, 0.3) is 0 Å². The molecular formula is C22H26FN3O3. The smallest absolute Gasteiger partial charge is 0.224 e. The summed E-state index contributed by atoms with van der Waals surface area (Å²) in [6.45, 7) is 4.15. The molecule has 2 heterocycles. The van der Waals surface area contributed by atoms with Gasteiger partial charge in [0, 0.05) is 50.5 Å². The van der Waals surface area contributed by atoms with Crippen LogP contribution < -0.4 is 15.0 Å². The van der Waals surface area contributed by atoms with Crippen molar-refractivity contribution in [1.82, 2.24) is 4.90 Å². The highest BCUT2D eigenvalue weighted by Crippen LogP contribution is 2.27. The van der Waals surface area contributed by atoms with Gasteiger partial charge in [-0.3, -0.25) is 9.69 Å². The molecule has 4 rings (SSSR count). The number of aryl methyl sites for hydroxylation is 1. The van der Waals surface area contributed by atoms with Crippen LogP contribution in [0.1, 0.15) is 12.0 Å². The van der Waals surface area contributed by atoms with Gasteiger partial charge in [-0.05, 0) is 54.4 Å². The zero-order valence-corrected chi connectivity index (χ0v) is 16.3. The number of carbonyl (C=O) groups excluding carboxylic acids is 1. The number of aliphatic hydroxyl groups is 1. The van der Waals surface area contributed by atoms with Crippen molar-refractivity contribution in [2.75, 3.05) is 49.5 Å². The number of anilines is 2. The number of β-amino-alcohol motifs (C(OH)–C–C–N with tert-alkyl or cyclic N) is 1. The van der Waals surface area contributed by atoms with E-state index >= 15 is 0 Å². The third-order valence-corrected chi connectivity index (χ3v) is 5.45. The van der Waals surface area contributed by atoms with E-state index in [1.165, 1.54) is 12.1 Å². The second-order valence-electron chi connectivity index (χ2n) is 7.60. The summed E-state index contributed by atoms with van der Waals surface area (Å²) in [5, 5.41) is 13.2. The van der Waals surface area contributed by atoms with Gasteiger partial charge in [0.05, 0.1) is 0 Å². The lowest BCUT2D eigenvalue weighted by molar-refractivity contribution is -0.116. The highest BCUT2D eigenvalue weighted by atomic mass is 19.1. The van der Waals surface area contributed by atoms with Gasteiger partial charge >= 0.3 is 0 Å². The number of nitrogens with zero attached hydrogens (tertiary/aromatic N) is 2. The number of hydrogen-bond donors (Lipinski definition) is 2. The van der Waals surface area contributed by atoms with Gasteiger partial charge in [-0.25, -0.2) is 4.39 Å². The topological polar surface area (TPSA) is 65.0 Å². The van der Waals surface area contributed by atoms with Crippen molar-refractivity contribution < 1.29 is 19.0 Å². The number of benzene rings is 2. The minimum absolute atomic E-state index is 0.0427. The molecule has 2 aliphatic rings. The van der Waals surface area contributed by atoms with Crippen molar-refractivity contribution in [3.63, 3.8) is 0 Å². The van der Waals surface area contributed by atoms with Crippen LogP contribution in [-0.4, -0.2) is 61.3 Å². The number of nitrogens with one attached hydrogen (secondary N) is 1. The molecule has 2 N–H and O–H groups in total. The highest BCUT2D eigenvalue weighted by molar-refractivity contribution is 5.93.